The van der Waals surface area contributed by atoms with E-state index in [4.69, 9.17) is 85.7 Å². The molecule has 0 saturated carbocycles. The zero-order valence-electron chi connectivity index (χ0n) is 65.9. The summed E-state index contributed by atoms with van der Waals surface area (Å²) in [5, 5.41) is 52.1. The number of benzene rings is 6. The molecule has 119 heavy (non-hydrogen) atoms. The van der Waals surface area contributed by atoms with Gasteiger partial charge in [0.05, 0.1) is 92.4 Å². The van der Waals surface area contributed by atoms with Gasteiger partial charge in [-0.15, -0.1) is 34.8 Å². The van der Waals surface area contributed by atoms with E-state index in [0.29, 0.717) is 148 Å². The molecule has 0 fully saturated rings. The maximum atomic E-state index is 11.6. The number of phosphoric ester groups is 2. The topological polar surface area (TPSA) is 500 Å². The number of amides is 3. The summed E-state index contributed by atoms with van der Waals surface area (Å²) < 4.78 is 55.4. The molecule has 12 rings (SSSR count). The lowest BCUT2D eigenvalue weighted by molar-refractivity contribution is -0.119. The third kappa shape index (κ3) is 24.7. The minimum Gasteiger partial charge on any atom is -0.508 e. The number of para-hydroxylation sites is 2. The number of anilines is 3. The lowest BCUT2D eigenvalue weighted by Crippen LogP contribution is -2.28. The molecule has 6 heterocycles. The van der Waals surface area contributed by atoms with E-state index in [1.807, 2.05) is 63.7 Å². The number of aromatic hydroxyl groups is 4. The monoisotopic (exact) mass is 1740 g/mol. The number of phosphoric acid groups is 2. The number of ether oxygens (including phenoxy) is 3. The number of nitrogens with two attached hydrogens (primary N) is 3. The van der Waals surface area contributed by atoms with Gasteiger partial charge in [-0.1, -0.05) is 101 Å². The molecule has 0 bridgehead atoms. The van der Waals surface area contributed by atoms with Gasteiger partial charge in [-0.25, -0.2) is 39.0 Å². The highest BCUT2D eigenvalue weighted by Gasteiger charge is 2.27. The Bertz CT molecular complexity index is 5670. The number of fused-ring (bicyclic) bond motifs is 9. The van der Waals surface area contributed by atoms with Crippen LogP contribution in [0.4, 0.5) is 17.5 Å². The second-order valence-corrected chi connectivity index (χ2v) is 31.0. The number of nitrogens with zero attached hydrogens (tertiary/aromatic N) is 9. The first-order valence-electron chi connectivity index (χ1n) is 38.7. The molecule has 0 atom stereocenters. The summed E-state index contributed by atoms with van der Waals surface area (Å²) in [6, 6.07) is 31.3. The zero-order valence-corrected chi connectivity index (χ0v) is 70.0. The number of unbranched alkanes of at least 4 members (excludes halogenated alkanes) is 3. The number of phenolic OH excluding ortho intramolecular Hbond substituents is 4. The van der Waals surface area contributed by atoms with Crippen molar-refractivity contribution in [2.45, 2.75) is 117 Å². The first-order valence-corrected chi connectivity index (χ1v) is 43.3. The highest BCUT2D eigenvalue weighted by atomic mass is 35.5. The molecule has 12 aromatic rings. The van der Waals surface area contributed by atoms with Crippen LogP contribution < -0.4 is 42.2 Å². The minimum absolute atomic E-state index is 0.0610. The number of imidazole rings is 3. The van der Waals surface area contributed by atoms with Gasteiger partial charge in [0.2, 0.25) is 17.7 Å². The van der Waals surface area contributed by atoms with Crippen LogP contribution in [0.2, 0.25) is 0 Å². The summed E-state index contributed by atoms with van der Waals surface area (Å²) in [5.41, 5.74) is 29.6. The van der Waals surface area contributed by atoms with Gasteiger partial charge in [-0.2, -0.15) is 0 Å². The number of hydrogen-bond acceptors (Lipinski definition) is 23. The van der Waals surface area contributed by atoms with Crippen LogP contribution in [0.1, 0.15) is 110 Å². The van der Waals surface area contributed by atoms with Crippen molar-refractivity contribution in [3.05, 3.63) is 160 Å². The molecule has 33 nitrogen and oxygen atoms in total. The summed E-state index contributed by atoms with van der Waals surface area (Å²) in [5.74, 6) is 1.13. The molecule has 17 N–H and O–H groups in total. The predicted octanol–water partition coefficient (Wildman–Crippen LogP) is 11.2. The second-order valence-electron chi connectivity index (χ2n) is 27.8. The van der Waals surface area contributed by atoms with Crippen LogP contribution in [-0.4, -0.2) is 178 Å². The van der Waals surface area contributed by atoms with E-state index in [-0.39, 0.29) is 94.6 Å². The van der Waals surface area contributed by atoms with Crippen molar-refractivity contribution in [3.8, 4) is 34.5 Å². The molecule has 3 amide bonds. The van der Waals surface area contributed by atoms with Crippen molar-refractivity contribution < 1.29 is 86.8 Å². The third-order valence-corrected chi connectivity index (χ3v) is 20.7. The summed E-state index contributed by atoms with van der Waals surface area (Å²) >= 11 is 16.4. The Hall–Kier alpha value is -10.4. The van der Waals surface area contributed by atoms with E-state index in [1.165, 1.54) is 24.3 Å². The van der Waals surface area contributed by atoms with Gasteiger partial charge in [0.25, 0.3) is 0 Å². The van der Waals surface area contributed by atoms with E-state index >= 15 is 0 Å². The number of alkyl halides is 3. The summed E-state index contributed by atoms with van der Waals surface area (Å²) in [6.45, 7) is 10.6. The second kappa shape index (κ2) is 43.0. The van der Waals surface area contributed by atoms with Crippen LogP contribution in [0.25, 0.3) is 65.8 Å². The van der Waals surface area contributed by atoms with Crippen molar-refractivity contribution >= 4 is 151 Å². The van der Waals surface area contributed by atoms with Gasteiger partial charge in [0, 0.05) is 71.7 Å². The Kier molecular flexibility index (Phi) is 32.9. The largest absolute Gasteiger partial charge is 0.524 e. The van der Waals surface area contributed by atoms with Crippen molar-refractivity contribution in [2.75, 3.05) is 94.1 Å². The molecule has 6 aromatic heterocycles. The average molecular weight is 1740 g/mol. The minimum atomic E-state index is -4.93. The number of rotatable bonds is 40. The lowest BCUT2D eigenvalue weighted by atomic mass is 10.1. The SMILES string of the molecule is CCCCc1nc2c(N)nc3cc(CCOCCNC(=O)CCl)ccc3c2n1Cc1cc(O)ccc1O.CCCCc1nc2c(N)nc3cc(CCOCCNC(=O)CCl)ccc3c2n1Cc1cccc(O)c1OP(=O)(O)O.CCCCc1nc2c(N)nc3cc(CCOCCNC(=O)CCl)ccc3c2n1Cc1cccc(OP(=O)(O)O)c1O. The number of nitrogen functional groups attached to an aromatic ring is 3. The Balaban J connectivity index is 0.000000188. The normalized spacial score (nSPS) is 11.7. The smallest absolute Gasteiger partial charge is 0.508 e. The van der Waals surface area contributed by atoms with E-state index in [1.54, 1.807) is 30.3 Å². The quantitative estimate of drug-likeness (QED) is 0.00734. The average Bonchev–Trinajstić information content (AvgIpc) is 1.63. The van der Waals surface area contributed by atoms with Crippen molar-refractivity contribution in [3.63, 3.8) is 0 Å². The number of phenols is 4. The van der Waals surface area contributed by atoms with Gasteiger partial charge in [0.15, 0.2) is 40.5 Å². The van der Waals surface area contributed by atoms with E-state index in [2.05, 4.69) is 60.8 Å². The standard InChI is InChI=1S/2C27H33ClN5O7P.C27H32ClN5O4/c1-2-3-7-22-32-24-25(33(22)16-18-5-4-6-21(26(18)35)40-41(36,37)38)19-9-8-17(14-20(19)31-27(24)29)10-12-39-13-11-30-23(34)15-28;1-2-3-7-22-32-24-25(33(22)16-18-5-4-6-21(34)26(18)40-41(36,37)38)19-9-8-17(14-20(19)31-27(24)29)10-12-39-13-11-30-23(35)15-28;1-2-3-4-23-32-25-26(33(23)16-18-14-19(34)6-8-22(18)35)20-7-5-17(13-21(20)31-27(25)29)9-11-37-12-10-30-24(36)15-28/h4-6,8-9,14,35H,2-3,7,10-13,15-16H2,1H3,(H2,29,31)(H,30,34)(H2,36,37,38);4-6,8-9,14,34H,2-3,7,10-13,15-16H2,1H3,(H2,29,31)(H,30,35)(H2,36,37,38);5-8,13-14,34-35H,2-4,9-12,15-16H2,1H3,(H2,29,31)(H,30,36). The van der Waals surface area contributed by atoms with Gasteiger partial charge < -0.3 is 90.5 Å². The van der Waals surface area contributed by atoms with Gasteiger partial charge in [0.1, 0.15) is 63.2 Å². The van der Waals surface area contributed by atoms with Crippen molar-refractivity contribution in [1.29, 1.82) is 0 Å². The molecule has 0 aliphatic heterocycles. The third-order valence-electron chi connectivity index (χ3n) is 19.1. The van der Waals surface area contributed by atoms with Crippen molar-refractivity contribution in [1.82, 2.24) is 59.6 Å². The van der Waals surface area contributed by atoms with E-state index in [9.17, 15) is 63.5 Å². The first kappa shape index (κ1) is 90.9. The number of carbonyl (C=O) groups is 3. The van der Waals surface area contributed by atoms with E-state index in [0.717, 1.165) is 117 Å². The number of aryl methyl sites for hydroxylation is 3. The van der Waals surface area contributed by atoms with Crippen LogP contribution in [-0.2, 0) is 95.9 Å². The summed E-state index contributed by atoms with van der Waals surface area (Å²) in [7, 11) is -9.80. The fourth-order valence-corrected chi connectivity index (χ4v) is 14.5. The van der Waals surface area contributed by atoms with Gasteiger partial charge in [-0.05, 0) is 104 Å². The Morgan fingerprint density at radius 1 is 0.429 bits per heavy atom. The van der Waals surface area contributed by atoms with Crippen molar-refractivity contribution in [2.24, 2.45) is 0 Å². The number of pyridine rings is 3. The van der Waals surface area contributed by atoms with Crippen LogP contribution in [0.5, 0.6) is 34.5 Å². The number of halogens is 3. The highest BCUT2D eigenvalue weighted by Crippen LogP contribution is 2.46. The molecular weight excluding hydrogens is 1640 g/mol. The molecule has 0 aliphatic rings. The Labute approximate surface area is 700 Å². The summed E-state index contributed by atoms with van der Waals surface area (Å²) in [4.78, 5) is 99.2. The molecule has 0 saturated heterocycles. The van der Waals surface area contributed by atoms with Crippen LogP contribution >= 0.6 is 50.4 Å². The number of carbonyl (C=O) groups excluding carboxylic acids is 3. The number of aromatic nitrogens is 9. The Morgan fingerprint density at radius 3 is 1.18 bits per heavy atom. The number of hydrogen-bond donors (Lipinski definition) is 14. The molecule has 38 heteroatoms. The first-order chi connectivity index (χ1) is 57.1. The van der Waals surface area contributed by atoms with Crippen LogP contribution in [0, 0.1) is 0 Å². The molecule has 0 aliphatic carbocycles. The zero-order chi connectivity index (χ0) is 85.5. The molecule has 0 spiro atoms. The maximum absolute atomic E-state index is 11.6. The molecule has 0 radical (unpaired) electrons. The molecular formula is C81H98Cl3N15O18P2. The molecule has 6 aromatic carbocycles. The van der Waals surface area contributed by atoms with Gasteiger partial charge >= 0.3 is 15.6 Å². The molecule has 636 valence electrons. The van der Waals surface area contributed by atoms with Gasteiger partial charge in [-0.3, -0.25) is 34.0 Å². The fourth-order valence-electron chi connectivity index (χ4n) is 13.4. The number of nitrogens with one attached hydrogen (secondary N) is 3. The van der Waals surface area contributed by atoms with Crippen LogP contribution in [0.15, 0.2) is 109 Å². The van der Waals surface area contributed by atoms with E-state index < -0.39 is 15.6 Å². The Morgan fingerprint density at radius 2 is 0.798 bits per heavy atom. The fraction of sp³-hybridized carbons (Fsp3) is 0.370. The lowest BCUT2D eigenvalue weighted by Gasteiger charge is -2.16. The maximum Gasteiger partial charge on any atom is 0.524 e. The van der Waals surface area contributed by atoms with Crippen LogP contribution in [0.3, 0.4) is 0 Å². The predicted molar refractivity (Wildman–Crippen MR) is 458 cm³/mol. The highest BCUT2D eigenvalue weighted by molar-refractivity contribution is 7.47. The molecule has 0 unspecified atom stereocenters. The summed E-state index contributed by atoms with van der Waals surface area (Å²) in [6.07, 6.45) is 9.56.